The van der Waals surface area contributed by atoms with Gasteiger partial charge >= 0.3 is 0 Å². The summed E-state index contributed by atoms with van der Waals surface area (Å²) in [6.07, 6.45) is 0. The number of hydrogen-bond acceptors (Lipinski definition) is 2. The van der Waals surface area contributed by atoms with Gasteiger partial charge in [-0.15, -0.1) is 0 Å². The van der Waals surface area contributed by atoms with Gasteiger partial charge in [-0.25, -0.2) is 0 Å². The maximum absolute atomic E-state index is 8.69. The molecule has 0 aliphatic heterocycles. The van der Waals surface area contributed by atoms with Gasteiger partial charge in [0.2, 0.25) is 0 Å². The summed E-state index contributed by atoms with van der Waals surface area (Å²) in [6.45, 7) is 3.84. The predicted octanol–water partition coefficient (Wildman–Crippen LogP) is 3.84. The molecule has 0 fully saturated rings. The van der Waals surface area contributed by atoms with Gasteiger partial charge in [-0.2, -0.15) is 5.26 Å². The van der Waals surface area contributed by atoms with E-state index in [0.29, 0.717) is 0 Å². The predicted molar refractivity (Wildman–Crippen MR) is 65.3 cm³/mol. The molecule has 0 bridgehead atoms. The lowest BCUT2D eigenvalue weighted by Crippen LogP contribution is -2.12. The van der Waals surface area contributed by atoms with Crippen LogP contribution in [0, 0.1) is 18.3 Å². The van der Waals surface area contributed by atoms with Crippen LogP contribution in [0.3, 0.4) is 0 Å². The third-order valence-corrected chi connectivity index (χ3v) is 2.99. The molecule has 4 heteroatoms. The van der Waals surface area contributed by atoms with Gasteiger partial charge in [0.25, 0.3) is 0 Å². The molecule has 1 atom stereocenters. The minimum Gasteiger partial charge on any atom is -0.368 e. The van der Waals surface area contributed by atoms with Crippen molar-refractivity contribution in [2.24, 2.45) is 0 Å². The fourth-order valence-corrected chi connectivity index (χ4v) is 2.73. The van der Waals surface area contributed by atoms with Gasteiger partial charge in [0.05, 0.1) is 11.8 Å². The first-order valence-corrected chi connectivity index (χ1v) is 5.75. The average Bonchev–Trinajstić information content (AvgIpc) is 2.10. The summed E-state index contributed by atoms with van der Waals surface area (Å²) in [5, 5.41) is 11.8. The topological polar surface area (TPSA) is 35.8 Å². The van der Waals surface area contributed by atoms with Crippen LogP contribution in [-0.4, -0.2) is 6.04 Å². The maximum atomic E-state index is 8.69. The van der Waals surface area contributed by atoms with Gasteiger partial charge in [-0.3, -0.25) is 0 Å². The lowest BCUT2D eigenvalue weighted by Gasteiger charge is -2.12. The Balaban J connectivity index is 3.04. The van der Waals surface area contributed by atoms with E-state index in [2.05, 4.69) is 43.2 Å². The molecule has 14 heavy (non-hydrogen) atoms. The Hall–Kier alpha value is -0.530. The molecule has 0 aromatic heterocycles. The first kappa shape index (κ1) is 11.5. The van der Waals surface area contributed by atoms with E-state index in [0.717, 1.165) is 14.6 Å². The molecule has 2 nitrogen and oxygen atoms in total. The zero-order valence-electron chi connectivity index (χ0n) is 7.94. The highest BCUT2D eigenvalue weighted by Crippen LogP contribution is 2.32. The Kier molecular flexibility index (Phi) is 3.97. The summed E-state index contributed by atoms with van der Waals surface area (Å²) >= 11 is 6.91. The fraction of sp³-hybridized carbons (Fsp3) is 0.300. The zero-order chi connectivity index (χ0) is 10.7. The van der Waals surface area contributed by atoms with E-state index >= 15 is 0 Å². The van der Waals surface area contributed by atoms with E-state index in [9.17, 15) is 0 Å². The summed E-state index contributed by atoms with van der Waals surface area (Å²) in [5.41, 5.74) is 2.09. The van der Waals surface area contributed by atoms with Crippen LogP contribution in [0.1, 0.15) is 12.5 Å². The number of nitrogens with one attached hydrogen (secondary N) is 1. The molecule has 0 spiro atoms. The smallest absolute Gasteiger partial charge is 0.111 e. The number of nitriles is 1. The molecule has 0 aliphatic rings. The molecule has 0 heterocycles. The largest absolute Gasteiger partial charge is 0.368 e. The molecule has 74 valence electrons. The van der Waals surface area contributed by atoms with Crippen molar-refractivity contribution in [2.45, 2.75) is 19.9 Å². The molecule has 1 N–H and O–H groups in total. The first-order chi connectivity index (χ1) is 6.54. The fourth-order valence-electron chi connectivity index (χ4n) is 1.09. The summed E-state index contributed by atoms with van der Waals surface area (Å²) in [7, 11) is 0. The lowest BCUT2D eigenvalue weighted by atomic mass is 10.2. The van der Waals surface area contributed by atoms with E-state index in [1.807, 2.05) is 26.0 Å². The molecule has 0 aliphatic carbocycles. The van der Waals surface area contributed by atoms with Crippen molar-refractivity contribution < 1.29 is 0 Å². The van der Waals surface area contributed by atoms with Crippen molar-refractivity contribution in [2.75, 3.05) is 5.32 Å². The number of aryl methyl sites for hydroxylation is 1. The molecule has 0 saturated carbocycles. The van der Waals surface area contributed by atoms with Crippen molar-refractivity contribution in [3.63, 3.8) is 0 Å². The van der Waals surface area contributed by atoms with Crippen LogP contribution in [0.15, 0.2) is 21.1 Å². The SMILES string of the molecule is Cc1cc(Br)c(NC(C)C#N)c(Br)c1. The molecular weight excluding hydrogens is 308 g/mol. The van der Waals surface area contributed by atoms with Crippen LogP contribution < -0.4 is 5.32 Å². The van der Waals surface area contributed by atoms with Crippen molar-refractivity contribution in [1.82, 2.24) is 0 Å². The molecule has 1 aromatic carbocycles. The summed E-state index contributed by atoms with van der Waals surface area (Å²) in [4.78, 5) is 0. The first-order valence-electron chi connectivity index (χ1n) is 4.16. The second-order valence-corrected chi connectivity index (χ2v) is 4.81. The molecule has 1 aromatic rings. The monoisotopic (exact) mass is 316 g/mol. The molecular formula is C10H10Br2N2. The Bertz CT molecular complexity index is 359. The van der Waals surface area contributed by atoms with Crippen LogP contribution in [-0.2, 0) is 0 Å². The van der Waals surface area contributed by atoms with Gasteiger partial charge < -0.3 is 5.32 Å². The number of anilines is 1. The van der Waals surface area contributed by atoms with Gasteiger partial charge in [0, 0.05) is 8.95 Å². The Morgan fingerprint density at radius 2 is 1.86 bits per heavy atom. The van der Waals surface area contributed by atoms with Crippen molar-refractivity contribution in [1.29, 1.82) is 5.26 Å². The maximum Gasteiger partial charge on any atom is 0.111 e. The van der Waals surface area contributed by atoms with Crippen molar-refractivity contribution in [3.8, 4) is 6.07 Å². The van der Waals surface area contributed by atoms with Gasteiger partial charge in [0.15, 0.2) is 0 Å². The standard InChI is InChI=1S/C10H10Br2N2/c1-6-3-8(11)10(9(12)4-6)14-7(2)5-13/h3-4,7,14H,1-2H3. The molecule has 1 rings (SSSR count). The Labute approximate surface area is 101 Å². The third-order valence-electron chi connectivity index (χ3n) is 1.74. The normalized spacial score (nSPS) is 11.9. The van der Waals surface area contributed by atoms with Gasteiger partial charge in [-0.1, -0.05) is 0 Å². The van der Waals surface area contributed by atoms with Crippen molar-refractivity contribution in [3.05, 3.63) is 26.6 Å². The average molecular weight is 318 g/mol. The number of halogens is 2. The second-order valence-electron chi connectivity index (χ2n) is 3.10. The van der Waals surface area contributed by atoms with Gasteiger partial charge in [0.1, 0.15) is 6.04 Å². The highest BCUT2D eigenvalue weighted by atomic mass is 79.9. The van der Waals surface area contributed by atoms with E-state index in [1.165, 1.54) is 5.56 Å². The number of rotatable bonds is 2. The van der Waals surface area contributed by atoms with E-state index in [-0.39, 0.29) is 6.04 Å². The quantitative estimate of drug-likeness (QED) is 0.899. The van der Waals surface area contributed by atoms with Crippen LogP contribution in [0.5, 0.6) is 0 Å². The number of benzene rings is 1. The Morgan fingerprint density at radius 1 is 1.36 bits per heavy atom. The third kappa shape index (κ3) is 2.73. The summed E-state index contributed by atoms with van der Waals surface area (Å²) < 4.78 is 1.93. The van der Waals surface area contributed by atoms with Crippen LogP contribution in [0.25, 0.3) is 0 Å². The molecule has 0 amide bonds. The Morgan fingerprint density at radius 3 is 2.29 bits per heavy atom. The molecule has 0 saturated heterocycles. The minimum absolute atomic E-state index is 0.203. The lowest BCUT2D eigenvalue weighted by molar-refractivity contribution is 1.01. The van der Waals surface area contributed by atoms with Crippen LogP contribution >= 0.6 is 31.9 Å². The zero-order valence-corrected chi connectivity index (χ0v) is 11.1. The molecule has 0 radical (unpaired) electrons. The van der Waals surface area contributed by atoms with E-state index < -0.39 is 0 Å². The summed E-state index contributed by atoms with van der Waals surface area (Å²) in [5.74, 6) is 0. The van der Waals surface area contributed by atoms with E-state index in [4.69, 9.17) is 5.26 Å². The highest BCUT2D eigenvalue weighted by Gasteiger charge is 2.08. The van der Waals surface area contributed by atoms with E-state index in [1.54, 1.807) is 0 Å². The van der Waals surface area contributed by atoms with Gasteiger partial charge in [-0.05, 0) is 63.4 Å². The number of nitrogens with zero attached hydrogens (tertiary/aromatic N) is 1. The van der Waals surface area contributed by atoms with Crippen LogP contribution in [0.4, 0.5) is 5.69 Å². The minimum atomic E-state index is -0.203. The molecule has 1 unspecified atom stereocenters. The van der Waals surface area contributed by atoms with Crippen LogP contribution in [0.2, 0.25) is 0 Å². The summed E-state index contributed by atoms with van der Waals surface area (Å²) in [6, 6.07) is 5.95. The second kappa shape index (κ2) is 4.81. The highest BCUT2D eigenvalue weighted by molar-refractivity contribution is 9.11. The van der Waals surface area contributed by atoms with Crippen molar-refractivity contribution >= 4 is 37.5 Å². The number of hydrogen-bond donors (Lipinski definition) is 1.